The lowest BCUT2D eigenvalue weighted by atomic mass is 10.1. The predicted molar refractivity (Wildman–Crippen MR) is 132 cm³/mol. The van der Waals surface area contributed by atoms with Gasteiger partial charge in [-0.25, -0.2) is 0 Å². The van der Waals surface area contributed by atoms with Gasteiger partial charge in [0.05, 0.1) is 11.4 Å². The molecule has 1 unspecified atom stereocenters. The first kappa shape index (κ1) is 21.3. The molecule has 1 aliphatic heterocycles. The first-order chi connectivity index (χ1) is 16.5. The van der Waals surface area contributed by atoms with Crippen LogP contribution in [0.3, 0.4) is 0 Å². The Balaban J connectivity index is 1.51. The second-order valence-corrected chi connectivity index (χ2v) is 8.12. The maximum atomic E-state index is 12.2. The van der Waals surface area contributed by atoms with Crippen LogP contribution >= 0.6 is 0 Å². The summed E-state index contributed by atoms with van der Waals surface area (Å²) in [5.74, 6) is 7.07. The van der Waals surface area contributed by atoms with Crippen LogP contribution in [0.5, 0.6) is 11.5 Å². The third-order valence-electron chi connectivity index (χ3n) is 5.94. The summed E-state index contributed by atoms with van der Waals surface area (Å²) in [6.07, 6.45) is 2.81. The van der Waals surface area contributed by atoms with E-state index in [0.29, 0.717) is 24.6 Å². The average Bonchev–Trinajstić information content (AvgIpc) is 3.46. The summed E-state index contributed by atoms with van der Waals surface area (Å²) in [4.78, 5) is 22.7. The molecule has 8 nitrogen and oxygen atoms in total. The normalized spacial score (nSPS) is 15.2. The number of carbonyl (C=O) groups is 1. The summed E-state index contributed by atoms with van der Waals surface area (Å²) in [5, 5.41) is 0.740. The van der Waals surface area contributed by atoms with Gasteiger partial charge in [0.1, 0.15) is 23.0 Å². The number of rotatable bonds is 4. The van der Waals surface area contributed by atoms with Gasteiger partial charge < -0.3 is 25.7 Å². The summed E-state index contributed by atoms with van der Waals surface area (Å²) in [6, 6.07) is 17.5. The van der Waals surface area contributed by atoms with E-state index in [1.807, 2.05) is 60.8 Å². The molecule has 1 fully saturated rings. The molecule has 4 aromatic rings. The number of carbonyl (C=O) groups excluding carboxylic acids is 1. The average molecular weight is 453 g/mol. The fourth-order valence-corrected chi connectivity index (χ4v) is 4.36. The van der Waals surface area contributed by atoms with Gasteiger partial charge in [-0.1, -0.05) is 36.3 Å². The third kappa shape index (κ3) is 3.99. The van der Waals surface area contributed by atoms with E-state index in [1.165, 1.54) is 0 Å². The number of ether oxygens (including phenoxy) is 1. The van der Waals surface area contributed by atoms with Crippen molar-refractivity contribution in [3.8, 4) is 34.5 Å². The van der Waals surface area contributed by atoms with Crippen LogP contribution < -0.4 is 16.2 Å². The van der Waals surface area contributed by atoms with E-state index in [9.17, 15) is 4.79 Å². The smallest absolute Gasteiger partial charge is 0.298 e. The minimum Gasteiger partial charge on any atom is -0.457 e. The molecule has 170 valence electrons. The Morgan fingerprint density at radius 2 is 1.79 bits per heavy atom. The number of anilines is 2. The van der Waals surface area contributed by atoms with E-state index < -0.39 is 0 Å². The van der Waals surface area contributed by atoms with Gasteiger partial charge in [-0.15, -0.1) is 0 Å². The molecule has 2 aromatic heterocycles. The van der Waals surface area contributed by atoms with E-state index in [0.717, 1.165) is 34.4 Å². The third-order valence-corrected chi connectivity index (χ3v) is 5.94. The molecule has 1 amide bonds. The Bertz CT molecular complexity index is 1420. The molecule has 8 heteroatoms. The second-order valence-electron chi connectivity index (χ2n) is 8.12. The van der Waals surface area contributed by atoms with Crippen LogP contribution in [-0.2, 0) is 4.79 Å². The van der Waals surface area contributed by atoms with Crippen LogP contribution in [0.25, 0.3) is 22.2 Å². The van der Waals surface area contributed by atoms with Crippen LogP contribution in [0.1, 0.15) is 19.4 Å². The van der Waals surface area contributed by atoms with Gasteiger partial charge in [-0.05, 0) is 49.1 Å². The van der Waals surface area contributed by atoms with Crippen LogP contribution in [0, 0.1) is 11.8 Å². The molecule has 0 radical (unpaired) electrons. The first-order valence-corrected chi connectivity index (χ1v) is 11.0. The molecule has 5 rings (SSSR count). The monoisotopic (exact) mass is 452 g/mol. The Kier molecular flexibility index (Phi) is 5.52. The molecule has 0 bridgehead atoms. The van der Waals surface area contributed by atoms with Gasteiger partial charge in [0.25, 0.3) is 5.91 Å². The lowest BCUT2D eigenvalue weighted by Crippen LogP contribution is -2.27. The molecule has 0 aliphatic carbocycles. The number of para-hydroxylation sites is 1. The number of amides is 1. The summed E-state index contributed by atoms with van der Waals surface area (Å²) in [5.41, 5.74) is 14.7. The van der Waals surface area contributed by atoms with Gasteiger partial charge in [-0.2, -0.15) is 9.97 Å². The Labute approximate surface area is 197 Å². The van der Waals surface area contributed by atoms with Crippen molar-refractivity contribution in [2.75, 3.05) is 24.6 Å². The summed E-state index contributed by atoms with van der Waals surface area (Å²) in [6.45, 7) is 2.84. The van der Waals surface area contributed by atoms with Crippen LogP contribution in [0.2, 0.25) is 0 Å². The molecule has 0 saturated carbocycles. The van der Waals surface area contributed by atoms with Gasteiger partial charge in [0.15, 0.2) is 0 Å². The van der Waals surface area contributed by atoms with Crippen molar-refractivity contribution >= 4 is 28.7 Å². The summed E-state index contributed by atoms with van der Waals surface area (Å²) < 4.78 is 7.97. The SMILES string of the molecule is CC#CC(=O)N1CCC(n2cc(-c3ccc(Oc4ccccc4)cc3)c3c(N)nc(N)nc32)C1. The maximum absolute atomic E-state index is 12.2. The van der Waals surface area contributed by atoms with Gasteiger partial charge >= 0.3 is 0 Å². The number of nitrogens with zero attached hydrogens (tertiary/aromatic N) is 4. The zero-order valence-electron chi connectivity index (χ0n) is 18.7. The highest BCUT2D eigenvalue weighted by Crippen LogP contribution is 2.37. The zero-order chi connectivity index (χ0) is 23.7. The van der Waals surface area contributed by atoms with Crippen LogP contribution in [0.15, 0.2) is 60.8 Å². The quantitative estimate of drug-likeness (QED) is 0.455. The van der Waals surface area contributed by atoms with Crippen LogP contribution in [-0.4, -0.2) is 38.4 Å². The van der Waals surface area contributed by atoms with Crippen molar-refractivity contribution in [3.05, 3.63) is 60.8 Å². The van der Waals surface area contributed by atoms with Gasteiger partial charge in [-0.3, -0.25) is 4.79 Å². The molecular weight excluding hydrogens is 428 g/mol. The highest BCUT2D eigenvalue weighted by Gasteiger charge is 2.29. The van der Waals surface area contributed by atoms with Crippen molar-refractivity contribution in [1.29, 1.82) is 0 Å². The van der Waals surface area contributed by atoms with Crippen molar-refractivity contribution in [3.63, 3.8) is 0 Å². The molecule has 2 aromatic carbocycles. The largest absolute Gasteiger partial charge is 0.457 e. The molecule has 3 heterocycles. The molecule has 1 atom stereocenters. The molecule has 4 N–H and O–H groups in total. The minimum absolute atomic E-state index is 0.0354. The molecule has 0 spiro atoms. The number of hydrogen-bond donors (Lipinski definition) is 2. The molecule has 1 saturated heterocycles. The Hall–Kier alpha value is -4.51. The van der Waals surface area contributed by atoms with E-state index in [1.54, 1.807) is 11.8 Å². The number of hydrogen-bond acceptors (Lipinski definition) is 6. The van der Waals surface area contributed by atoms with Crippen molar-refractivity contribution in [2.24, 2.45) is 0 Å². The number of fused-ring (bicyclic) bond motifs is 1. The summed E-state index contributed by atoms with van der Waals surface area (Å²) >= 11 is 0. The maximum Gasteiger partial charge on any atom is 0.298 e. The number of likely N-dealkylation sites (tertiary alicyclic amines) is 1. The van der Waals surface area contributed by atoms with E-state index >= 15 is 0 Å². The minimum atomic E-state index is -0.163. The standard InChI is InChI=1S/C26H24N6O2/c1-2-6-22(33)31-14-13-18(15-31)32-16-21(23-24(27)29-26(28)30-25(23)32)17-9-11-20(12-10-17)34-19-7-4-3-5-8-19/h3-5,7-12,16,18H,13-15H2,1H3,(H4,27,28,29,30). The van der Waals surface area contributed by atoms with Crippen molar-refractivity contribution in [2.45, 2.75) is 19.4 Å². The van der Waals surface area contributed by atoms with E-state index in [-0.39, 0.29) is 17.9 Å². The van der Waals surface area contributed by atoms with Gasteiger partial charge in [0, 0.05) is 24.8 Å². The second kappa shape index (κ2) is 8.79. The number of benzene rings is 2. The topological polar surface area (TPSA) is 112 Å². The number of nitrogens with two attached hydrogens (primary N) is 2. The van der Waals surface area contributed by atoms with Gasteiger partial charge in [0.2, 0.25) is 5.95 Å². The lowest BCUT2D eigenvalue weighted by Gasteiger charge is -2.15. The lowest BCUT2D eigenvalue weighted by molar-refractivity contribution is -0.124. The predicted octanol–water partition coefficient (Wildman–Crippen LogP) is 3.85. The van der Waals surface area contributed by atoms with Crippen molar-refractivity contribution < 1.29 is 9.53 Å². The Morgan fingerprint density at radius 1 is 1.06 bits per heavy atom. The number of aromatic nitrogens is 3. The zero-order valence-corrected chi connectivity index (χ0v) is 18.7. The summed E-state index contributed by atoms with van der Waals surface area (Å²) in [7, 11) is 0. The van der Waals surface area contributed by atoms with E-state index in [2.05, 4.69) is 26.4 Å². The first-order valence-electron chi connectivity index (χ1n) is 11.0. The van der Waals surface area contributed by atoms with Crippen molar-refractivity contribution in [1.82, 2.24) is 19.4 Å². The molecular formula is C26H24N6O2. The Morgan fingerprint density at radius 3 is 2.53 bits per heavy atom. The highest BCUT2D eigenvalue weighted by atomic mass is 16.5. The fraction of sp³-hybridized carbons (Fsp3) is 0.192. The number of nitrogen functional groups attached to an aromatic ring is 2. The fourth-order valence-electron chi connectivity index (χ4n) is 4.36. The molecule has 1 aliphatic rings. The molecule has 34 heavy (non-hydrogen) atoms. The van der Waals surface area contributed by atoms with Crippen LogP contribution in [0.4, 0.5) is 11.8 Å². The highest BCUT2D eigenvalue weighted by molar-refractivity contribution is 6.01. The van der Waals surface area contributed by atoms with E-state index in [4.69, 9.17) is 16.2 Å².